The van der Waals surface area contributed by atoms with Crippen LogP contribution in [0.1, 0.15) is 25.8 Å². The van der Waals surface area contributed by atoms with Gasteiger partial charge in [-0.25, -0.2) is 13.6 Å². The highest BCUT2D eigenvalue weighted by atomic mass is 32.2. The molecule has 0 aliphatic rings. The summed E-state index contributed by atoms with van der Waals surface area (Å²) in [5.41, 5.74) is 7.80. The highest BCUT2D eigenvalue weighted by molar-refractivity contribution is 7.89. The Kier molecular flexibility index (Phi) is 5.05. The van der Waals surface area contributed by atoms with Crippen molar-refractivity contribution >= 4 is 26.5 Å². The smallest absolute Gasteiger partial charge is 0.238 e. The summed E-state index contributed by atoms with van der Waals surface area (Å²) in [6.45, 7) is 4.67. The zero-order valence-electron chi connectivity index (χ0n) is 12.9. The first-order valence-corrected chi connectivity index (χ1v) is 8.79. The number of primary sulfonamides is 1. The zero-order chi connectivity index (χ0) is 16.3. The number of ether oxygens (including phenoxy) is 1. The minimum absolute atomic E-state index is 0.110. The maximum Gasteiger partial charge on any atom is 0.238 e. The Morgan fingerprint density at radius 1 is 1.18 bits per heavy atom. The molecule has 2 aromatic rings. The topological polar surface area (TPSA) is 95.4 Å². The van der Waals surface area contributed by atoms with Gasteiger partial charge >= 0.3 is 0 Å². The monoisotopic (exact) mass is 322 g/mol. The van der Waals surface area contributed by atoms with Gasteiger partial charge in [-0.3, -0.25) is 0 Å². The summed E-state index contributed by atoms with van der Waals surface area (Å²) in [5, 5.41) is 6.95. The molecule has 4 N–H and O–H groups in total. The normalized spacial score (nSPS) is 12.2. The molecule has 2 rings (SSSR count). The lowest BCUT2D eigenvalue weighted by molar-refractivity contribution is 0.0772. The fourth-order valence-corrected chi connectivity index (χ4v) is 2.96. The molecule has 0 spiro atoms. The van der Waals surface area contributed by atoms with Crippen LogP contribution in [0.15, 0.2) is 35.2 Å². The number of nitrogen functional groups attached to an aromatic ring is 1. The number of anilines is 1. The number of sulfonamides is 1. The van der Waals surface area contributed by atoms with Crippen LogP contribution in [0.5, 0.6) is 0 Å². The lowest BCUT2D eigenvalue weighted by atomic mass is 9.99. The van der Waals surface area contributed by atoms with Gasteiger partial charge < -0.3 is 10.5 Å². The highest BCUT2D eigenvalue weighted by Crippen LogP contribution is 2.27. The number of rotatable bonds is 6. The summed E-state index contributed by atoms with van der Waals surface area (Å²) in [7, 11) is -3.70. The average Bonchev–Trinajstić information content (AvgIpc) is 2.43. The number of hydrogen-bond acceptors (Lipinski definition) is 4. The standard InChI is InChI=1S/C16H22N2O3S/c1-11(2)21-9-3-4-15-14-7-6-13(22(18,19)20)10-12(14)5-8-16(15)17/h5-8,10-11H,3-4,9,17H2,1-2H3,(H2,18,19,20). The molecule has 0 fully saturated rings. The largest absolute Gasteiger partial charge is 0.398 e. The summed E-state index contributed by atoms with van der Waals surface area (Å²) in [6.07, 6.45) is 1.85. The van der Waals surface area contributed by atoms with Gasteiger partial charge in [-0.1, -0.05) is 12.1 Å². The molecule has 0 aliphatic heterocycles. The van der Waals surface area contributed by atoms with Crippen molar-refractivity contribution in [2.24, 2.45) is 5.14 Å². The second-order valence-corrected chi connectivity index (χ2v) is 7.15. The fourth-order valence-electron chi connectivity index (χ4n) is 2.41. The number of benzene rings is 2. The van der Waals surface area contributed by atoms with Crippen molar-refractivity contribution in [2.75, 3.05) is 12.3 Å². The Balaban J connectivity index is 2.31. The summed E-state index contributed by atoms with van der Waals surface area (Å²) in [5.74, 6) is 0. The molecular formula is C16H22N2O3S. The molecule has 0 aromatic heterocycles. The van der Waals surface area contributed by atoms with E-state index in [0.717, 1.165) is 29.2 Å². The van der Waals surface area contributed by atoms with Gasteiger partial charge in [0.25, 0.3) is 0 Å². The maximum atomic E-state index is 11.4. The first-order valence-electron chi connectivity index (χ1n) is 7.24. The fraction of sp³-hybridized carbons (Fsp3) is 0.375. The van der Waals surface area contributed by atoms with Crippen LogP contribution in [0, 0.1) is 0 Å². The molecule has 0 saturated heterocycles. The number of nitrogens with two attached hydrogens (primary N) is 2. The van der Waals surface area contributed by atoms with E-state index in [2.05, 4.69) is 0 Å². The van der Waals surface area contributed by atoms with E-state index in [9.17, 15) is 8.42 Å². The molecule has 0 heterocycles. The summed E-state index contributed by atoms with van der Waals surface area (Å²) in [6, 6.07) is 8.48. The van der Waals surface area contributed by atoms with Gasteiger partial charge in [0, 0.05) is 12.3 Å². The van der Waals surface area contributed by atoms with Crippen molar-refractivity contribution in [3.8, 4) is 0 Å². The minimum Gasteiger partial charge on any atom is -0.398 e. The predicted octanol–water partition coefficient (Wildman–Crippen LogP) is 2.43. The Bertz CT molecular complexity index is 770. The van der Waals surface area contributed by atoms with Gasteiger partial charge in [0.05, 0.1) is 11.0 Å². The van der Waals surface area contributed by atoms with E-state index in [0.29, 0.717) is 12.3 Å². The van der Waals surface area contributed by atoms with Crippen molar-refractivity contribution < 1.29 is 13.2 Å². The van der Waals surface area contributed by atoms with Crippen molar-refractivity contribution in [3.05, 3.63) is 35.9 Å². The number of aryl methyl sites for hydroxylation is 1. The number of hydrogen-bond donors (Lipinski definition) is 2. The quantitative estimate of drug-likeness (QED) is 0.630. The predicted molar refractivity (Wildman–Crippen MR) is 89.1 cm³/mol. The van der Waals surface area contributed by atoms with Crippen molar-refractivity contribution in [1.82, 2.24) is 0 Å². The molecule has 0 bridgehead atoms. The Labute approximate surface area is 131 Å². The summed E-state index contributed by atoms with van der Waals surface area (Å²) < 4.78 is 28.4. The molecule has 0 aliphatic carbocycles. The first-order chi connectivity index (χ1) is 10.3. The van der Waals surface area contributed by atoms with Crippen LogP contribution in [0.4, 0.5) is 5.69 Å². The van der Waals surface area contributed by atoms with Crippen LogP contribution in [0.2, 0.25) is 0 Å². The van der Waals surface area contributed by atoms with E-state index in [1.165, 1.54) is 6.07 Å². The van der Waals surface area contributed by atoms with Crippen LogP contribution < -0.4 is 10.9 Å². The second kappa shape index (κ2) is 6.64. The van der Waals surface area contributed by atoms with Crippen molar-refractivity contribution in [2.45, 2.75) is 37.7 Å². The SMILES string of the molecule is CC(C)OCCCc1c(N)ccc2cc(S(N)(=O)=O)ccc12. The van der Waals surface area contributed by atoms with Crippen LogP contribution in [0.3, 0.4) is 0 Å². The Morgan fingerprint density at radius 3 is 2.55 bits per heavy atom. The Hall–Kier alpha value is -1.63. The maximum absolute atomic E-state index is 11.4. The molecule has 2 aromatic carbocycles. The third kappa shape index (κ3) is 3.97. The van der Waals surface area contributed by atoms with Gasteiger partial charge in [0.2, 0.25) is 10.0 Å². The van der Waals surface area contributed by atoms with Gasteiger partial charge in [-0.15, -0.1) is 0 Å². The lowest BCUT2D eigenvalue weighted by Gasteiger charge is -2.12. The van der Waals surface area contributed by atoms with Crippen molar-refractivity contribution in [3.63, 3.8) is 0 Å². The molecule has 0 atom stereocenters. The molecule has 6 heteroatoms. The van der Waals surface area contributed by atoms with Crippen molar-refractivity contribution in [1.29, 1.82) is 0 Å². The van der Waals surface area contributed by atoms with Crippen LogP contribution >= 0.6 is 0 Å². The Morgan fingerprint density at radius 2 is 1.91 bits per heavy atom. The number of fused-ring (bicyclic) bond motifs is 1. The van der Waals surface area contributed by atoms with Crippen LogP contribution in [0.25, 0.3) is 10.8 Å². The zero-order valence-corrected chi connectivity index (χ0v) is 13.7. The van der Waals surface area contributed by atoms with E-state index >= 15 is 0 Å². The molecule has 0 radical (unpaired) electrons. The summed E-state index contributed by atoms with van der Waals surface area (Å²) in [4.78, 5) is 0.110. The van der Waals surface area contributed by atoms with E-state index in [-0.39, 0.29) is 11.0 Å². The van der Waals surface area contributed by atoms with Gasteiger partial charge in [0.15, 0.2) is 0 Å². The van der Waals surface area contributed by atoms with E-state index in [4.69, 9.17) is 15.6 Å². The van der Waals surface area contributed by atoms with E-state index in [1.54, 1.807) is 18.2 Å². The molecule has 5 nitrogen and oxygen atoms in total. The van der Waals surface area contributed by atoms with E-state index in [1.807, 2.05) is 19.9 Å². The first kappa shape index (κ1) is 16.7. The molecule has 0 amide bonds. The molecule has 0 unspecified atom stereocenters. The second-order valence-electron chi connectivity index (χ2n) is 5.58. The van der Waals surface area contributed by atoms with Crippen LogP contribution in [-0.2, 0) is 21.2 Å². The molecule has 120 valence electrons. The highest BCUT2D eigenvalue weighted by Gasteiger charge is 2.11. The van der Waals surface area contributed by atoms with E-state index < -0.39 is 10.0 Å². The molecule has 0 saturated carbocycles. The third-order valence-corrected chi connectivity index (χ3v) is 4.40. The average molecular weight is 322 g/mol. The van der Waals surface area contributed by atoms with Gasteiger partial charge in [0.1, 0.15) is 0 Å². The lowest BCUT2D eigenvalue weighted by Crippen LogP contribution is -2.12. The molecular weight excluding hydrogens is 300 g/mol. The molecule has 22 heavy (non-hydrogen) atoms. The minimum atomic E-state index is -3.70. The van der Waals surface area contributed by atoms with Gasteiger partial charge in [-0.05, 0) is 61.2 Å². The third-order valence-electron chi connectivity index (χ3n) is 3.49. The summed E-state index contributed by atoms with van der Waals surface area (Å²) >= 11 is 0. The van der Waals surface area contributed by atoms with Crippen LogP contribution in [-0.4, -0.2) is 21.1 Å². The van der Waals surface area contributed by atoms with Gasteiger partial charge in [-0.2, -0.15) is 0 Å².